The van der Waals surface area contributed by atoms with Crippen LogP contribution in [0.1, 0.15) is 63.1 Å². The summed E-state index contributed by atoms with van der Waals surface area (Å²) >= 11 is 1.72. The summed E-state index contributed by atoms with van der Waals surface area (Å²) in [5.41, 5.74) is 1.04. The van der Waals surface area contributed by atoms with Crippen LogP contribution in [-0.2, 0) is 11.3 Å². The van der Waals surface area contributed by atoms with E-state index in [1.807, 2.05) is 0 Å². The first-order valence-electron chi connectivity index (χ1n) is 11.5. The number of rotatable bonds is 6. The number of carbonyl (C=O) groups is 1. The lowest BCUT2D eigenvalue weighted by Crippen LogP contribution is -2.54. The number of amides is 1. The second-order valence-corrected chi connectivity index (χ2v) is 9.45. The predicted molar refractivity (Wildman–Crippen MR) is 139 cm³/mol. The number of halogens is 1. The van der Waals surface area contributed by atoms with Crippen LogP contribution in [0.4, 0.5) is 0 Å². The molecule has 2 aliphatic rings. The second kappa shape index (κ2) is 13.6. The zero-order valence-electron chi connectivity index (χ0n) is 19.3. The van der Waals surface area contributed by atoms with Crippen molar-refractivity contribution in [3.8, 4) is 0 Å². The van der Waals surface area contributed by atoms with Gasteiger partial charge in [0.25, 0.3) is 0 Å². The smallest absolute Gasteiger partial charge is 0.236 e. The number of nitrogens with zero attached hydrogens (tertiary/aromatic N) is 5. The molecule has 31 heavy (non-hydrogen) atoms. The molecule has 3 rings (SSSR count). The fraction of sp³-hybridized carbons (Fsp3) is 0.773. The van der Waals surface area contributed by atoms with Crippen molar-refractivity contribution in [2.45, 2.75) is 58.9 Å². The van der Waals surface area contributed by atoms with Crippen molar-refractivity contribution in [2.75, 3.05) is 52.4 Å². The lowest BCUT2D eigenvalue weighted by molar-refractivity contribution is -0.132. The maximum absolute atomic E-state index is 12.7. The monoisotopic (exact) mass is 562 g/mol. The van der Waals surface area contributed by atoms with Crippen molar-refractivity contribution in [3.05, 3.63) is 16.1 Å². The third kappa shape index (κ3) is 8.16. The summed E-state index contributed by atoms with van der Waals surface area (Å²) in [5.74, 6) is 1.72. The fourth-order valence-electron chi connectivity index (χ4n) is 3.97. The molecule has 9 heteroatoms. The van der Waals surface area contributed by atoms with Gasteiger partial charge in [-0.25, -0.2) is 9.98 Å². The SMILES string of the molecule is CCNC(=NCc1csc(C(C)C)n1)N1CCN(CC(=O)N2CCCCCC2)CC1.I. The average Bonchev–Trinajstić information content (AvgIpc) is 3.05. The van der Waals surface area contributed by atoms with Crippen LogP contribution in [0, 0.1) is 0 Å². The number of aliphatic imine (C=N–C) groups is 1. The van der Waals surface area contributed by atoms with E-state index in [9.17, 15) is 4.79 Å². The molecule has 0 saturated carbocycles. The molecule has 0 radical (unpaired) electrons. The summed E-state index contributed by atoms with van der Waals surface area (Å²) in [5, 5.41) is 6.72. The van der Waals surface area contributed by atoms with Crippen molar-refractivity contribution in [2.24, 2.45) is 4.99 Å². The van der Waals surface area contributed by atoms with Crippen LogP contribution in [0.25, 0.3) is 0 Å². The molecule has 0 bridgehead atoms. The number of aromatic nitrogens is 1. The number of carbonyl (C=O) groups excluding carboxylic acids is 1. The maximum atomic E-state index is 12.7. The van der Waals surface area contributed by atoms with Gasteiger partial charge >= 0.3 is 0 Å². The minimum absolute atomic E-state index is 0. The molecule has 2 aliphatic heterocycles. The quantitative estimate of drug-likeness (QED) is 0.328. The number of piperazine rings is 1. The minimum Gasteiger partial charge on any atom is -0.357 e. The van der Waals surface area contributed by atoms with Crippen molar-refractivity contribution >= 4 is 47.2 Å². The maximum Gasteiger partial charge on any atom is 0.236 e. The normalized spacial score (nSPS) is 18.6. The van der Waals surface area contributed by atoms with Gasteiger partial charge in [0.05, 0.1) is 23.8 Å². The Morgan fingerprint density at radius 2 is 1.77 bits per heavy atom. The Morgan fingerprint density at radius 3 is 2.35 bits per heavy atom. The lowest BCUT2D eigenvalue weighted by Gasteiger charge is -2.37. The number of thiazole rings is 1. The molecular formula is C22H39IN6OS. The van der Waals surface area contributed by atoms with E-state index in [-0.39, 0.29) is 24.0 Å². The number of guanidine groups is 1. The Labute approximate surface area is 208 Å². The van der Waals surface area contributed by atoms with Crippen LogP contribution < -0.4 is 5.32 Å². The van der Waals surface area contributed by atoms with Crippen molar-refractivity contribution < 1.29 is 4.79 Å². The van der Waals surface area contributed by atoms with E-state index >= 15 is 0 Å². The van der Waals surface area contributed by atoms with Crippen LogP contribution >= 0.6 is 35.3 Å². The first-order valence-corrected chi connectivity index (χ1v) is 12.4. The predicted octanol–water partition coefficient (Wildman–Crippen LogP) is 3.37. The molecular weight excluding hydrogens is 523 g/mol. The van der Waals surface area contributed by atoms with E-state index in [1.165, 1.54) is 17.8 Å². The molecule has 0 aliphatic carbocycles. The van der Waals surface area contributed by atoms with Crippen LogP contribution in [0.2, 0.25) is 0 Å². The molecule has 1 aromatic rings. The third-order valence-corrected chi connectivity index (χ3v) is 6.97. The Kier molecular flexibility index (Phi) is 11.5. The van der Waals surface area contributed by atoms with Crippen molar-refractivity contribution in [3.63, 3.8) is 0 Å². The number of hydrogen-bond donors (Lipinski definition) is 1. The van der Waals surface area contributed by atoms with Gasteiger partial charge in [0.2, 0.25) is 5.91 Å². The van der Waals surface area contributed by atoms with Crippen LogP contribution in [0.5, 0.6) is 0 Å². The molecule has 2 fully saturated rings. The average molecular weight is 563 g/mol. The molecule has 176 valence electrons. The van der Waals surface area contributed by atoms with Crippen LogP contribution in [0.3, 0.4) is 0 Å². The Hall–Kier alpha value is -0.940. The highest BCUT2D eigenvalue weighted by atomic mass is 127. The van der Waals surface area contributed by atoms with Gasteiger partial charge in [-0.15, -0.1) is 35.3 Å². The van der Waals surface area contributed by atoms with E-state index in [0.29, 0.717) is 24.9 Å². The zero-order valence-corrected chi connectivity index (χ0v) is 22.5. The summed E-state index contributed by atoms with van der Waals surface area (Å²) in [7, 11) is 0. The highest BCUT2D eigenvalue weighted by Crippen LogP contribution is 2.19. The summed E-state index contributed by atoms with van der Waals surface area (Å²) in [6.45, 7) is 13.9. The van der Waals surface area contributed by atoms with Gasteiger partial charge in [-0.2, -0.15) is 0 Å². The molecule has 0 atom stereocenters. The van der Waals surface area contributed by atoms with Gasteiger partial charge in [-0.1, -0.05) is 26.7 Å². The molecule has 2 saturated heterocycles. The standard InChI is InChI=1S/C22H38N6OS.HI/c1-4-23-22(24-15-19-17-30-21(25-19)18(2)3)28-13-11-26(12-14-28)16-20(29)27-9-7-5-6-8-10-27;/h17-18H,4-16H2,1-3H3,(H,23,24);1H. The molecule has 1 aromatic heterocycles. The summed E-state index contributed by atoms with van der Waals surface area (Å²) < 4.78 is 0. The van der Waals surface area contributed by atoms with E-state index in [1.54, 1.807) is 11.3 Å². The van der Waals surface area contributed by atoms with Gasteiger partial charge in [-0.3, -0.25) is 9.69 Å². The highest BCUT2D eigenvalue weighted by Gasteiger charge is 2.23. The van der Waals surface area contributed by atoms with Crippen LogP contribution in [-0.4, -0.2) is 83.9 Å². The number of hydrogen-bond acceptors (Lipinski definition) is 5. The van der Waals surface area contributed by atoms with Gasteiger partial charge in [0.15, 0.2) is 5.96 Å². The van der Waals surface area contributed by atoms with E-state index < -0.39 is 0 Å². The van der Waals surface area contributed by atoms with Gasteiger partial charge in [0, 0.05) is 57.1 Å². The Balaban J connectivity index is 0.00000341. The topological polar surface area (TPSA) is 64.1 Å². The molecule has 1 amide bonds. The van der Waals surface area contributed by atoms with E-state index in [2.05, 4.69) is 46.2 Å². The Morgan fingerprint density at radius 1 is 1.10 bits per heavy atom. The van der Waals surface area contributed by atoms with Crippen LogP contribution in [0.15, 0.2) is 10.4 Å². The first kappa shape index (κ1) is 26.3. The number of likely N-dealkylation sites (tertiary alicyclic amines) is 1. The lowest BCUT2D eigenvalue weighted by atomic mass is 10.2. The molecule has 3 heterocycles. The minimum atomic E-state index is 0. The summed E-state index contributed by atoms with van der Waals surface area (Å²) in [4.78, 5) is 28.9. The largest absolute Gasteiger partial charge is 0.357 e. The molecule has 0 aromatic carbocycles. The number of nitrogens with one attached hydrogen (secondary N) is 1. The van der Waals surface area contributed by atoms with E-state index in [4.69, 9.17) is 9.98 Å². The van der Waals surface area contributed by atoms with Crippen molar-refractivity contribution in [1.29, 1.82) is 0 Å². The first-order chi connectivity index (χ1) is 14.6. The second-order valence-electron chi connectivity index (χ2n) is 8.56. The zero-order chi connectivity index (χ0) is 21.3. The van der Waals surface area contributed by atoms with Gasteiger partial charge in [-0.05, 0) is 19.8 Å². The Bertz CT molecular complexity index is 694. The van der Waals surface area contributed by atoms with Crippen molar-refractivity contribution in [1.82, 2.24) is 25.0 Å². The van der Waals surface area contributed by atoms with E-state index in [0.717, 1.165) is 70.3 Å². The molecule has 0 spiro atoms. The highest BCUT2D eigenvalue weighted by molar-refractivity contribution is 14.0. The molecule has 7 nitrogen and oxygen atoms in total. The van der Waals surface area contributed by atoms with Gasteiger partial charge in [0.1, 0.15) is 0 Å². The van der Waals surface area contributed by atoms with Gasteiger partial charge < -0.3 is 15.1 Å². The summed E-state index contributed by atoms with van der Waals surface area (Å²) in [6.07, 6.45) is 4.82. The molecule has 0 unspecified atom stereocenters. The fourth-order valence-corrected chi connectivity index (χ4v) is 4.80. The third-order valence-electron chi connectivity index (χ3n) is 5.78. The molecule has 1 N–H and O–H groups in total. The summed E-state index contributed by atoms with van der Waals surface area (Å²) in [6, 6.07) is 0.